The van der Waals surface area contributed by atoms with Gasteiger partial charge < -0.3 is 30.3 Å². The average molecular weight is 252 g/mol. The first kappa shape index (κ1) is 15.7. The molecular formula is C9H20O6Si. The van der Waals surface area contributed by atoms with Gasteiger partial charge in [-0.15, -0.1) is 0 Å². The van der Waals surface area contributed by atoms with Gasteiger partial charge in [-0.25, -0.2) is 0 Å². The number of hydrogen-bond acceptors (Lipinski definition) is 6. The first-order valence-electron chi connectivity index (χ1n) is 5.00. The summed E-state index contributed by atoms with van der Waals surface area (Å²) in [6, 6.07) is 0. The van der Waals surface area contributed by atoms with Crippen LogP contribution in [0.15, 0.2) is 0 Å². The van der Waals surface area contributed by atoms with Crippen LogP contribution in [-0.4, -0.2) is 70.0 Å². The fourth-order valence-corrected chi connectivity index (χ4v) is 2.18. The van der Waals surface area contributed by atoms with Crippen LogP contribution in [0, 0.1) is 0 Å². The maximum Gasteiger partial charge on any atom is 0.141 e. The lowest BCUT2D eigenvalue weighted by Gasteiger charge is -2.28. The van der Waals surface area contributed by atoms with E-state index in [4.69, 9.17) is 10.2 Å². The first-order valence-corrected chi connectivity index (χ1v) is 8.50. The SMILES string of the molecule is C[Si](C)(C)C(=O)[C@@H](O)[C@@H](O)[C@H](O)[C@H](O)CO. The van der Waals surface area contributed by atoms with Crippen molar-refractivity contribution < 1.29 is 30.3 Å². The summed E-state index contributed by atoms with van der Waals surface area (Å²) in [4.78, 5) is 11.6. The zero-order chi connectivity index (χ0) is 13.1. The van der Waals surface area contributed by atoms with Crippen molar-refractivity contribution in [2.75, 3.05) is 6.61 Å². The molecule has 0 saturated carbocycles. The van der Waals surface area contributed by atoms with Crippen molar-refractivity contribution in [1.82, 2.24) is 0 Å². The minimum absolute atomic E-state index is 0.510. The van der Waals surface area contributed by atoms with E-state index in [0.717, 1.165) is 0 Å². The molecule has 0 aliphatic carbocycles. The molecule has 0 aromatic rings. The molecular weight excluding hydrogens is 232 g/mol. The molecule has 16 heavy (non-hydrogen) atoms. The van der Waals surface area contributed by atoms with Gasteiger partial charge in [0.1, 0.15) is 37.9 Å². The van der Waals surface area contributed by atoms with E-state index in [2.05, 4.69) is 0 Å². The highest BCUT2D eigenvalue weighted by atomic mass is 28.3. The molecule has 0 aliphatic heterocycles. The van der Waals surface area contributed by atoms with E-state index in [1.54, 1.807) is 19.6 Å². The summed E-state index contributed by atoms with van der Waals surface area (Å²) < 4.78 is 0. The molecule has 0 rings (SSSR count). The number of carbonyl (C=O) groups is 1. The van der Waals surface area contributed by atoms with Crippen LogP contribution in [0.25, 0.3) is 0 Å². The number of aliphatic hydroxyl groups is 5. The van der Waals surface area contributed by atoms with E-state index in [1.165, 1.54) is 0 Å². The van der Waals surface area contributed by atoms with Crippen molar-refractivity contribution >= 4 is 13.5 Å². The Balaban J connectivity index is 4.61. The molecule has 0 bridgehead atoms. The van der Waals surface area contributed by atoms with Gasteiger partial charge in [-0.3, -0.25) is 0 Å². The van der Waals surface area contributed by atoms with Gasteiger partial charge in [0.05, 0.1) is 6.61 Å². The topological polar surface area (TPSA) is 118 Å². The maximum absolute atomic E-state index is 11.6. The summed E-state index contributed by atoms with van der Waals surface area (Å²) >= 11 is 0. The van der Waals surface area contributed by atoms with Crippen molar-refractivity contribution in [1.29, 1.82) is 0 Å². The summed E-state index contributed by atoms with van der Waals surface area (Å²) in [6.07, 6.45) is -6.86. The molecule has 0 aromatic heterocycles. The Labute approximate surface area is 95.2 Å². The number of hydrogen-bond donors (Lipinski definition) is 5. The van der Waals surface area contributed by atoms with Crippen LogP contribution in [0.1, 0.15) is 0 Å². The van der Waals surface area contributed by atoms with Gasteiger partial charge in [-0.1, -0.05) is 19.6 Å². The summed E-state index contributed by atoms with van der Waals surface area (Å²) in [5, 5.41) is 45.4. The van der Waals surface area contributed by atoms with E-state index in [9.17, 15) is 20.1 Å². The summed E-state index contributed by atoms with van der Waals surface area (Å²) in [6.45, 7) is 4.33. The van der Waals surface area contributed by atoms with Crippen LogP contribution in [0.3, 0.4) is 0 Å². The minimum Gasteiger partial charge on any atom is -0.394 e. The Hall–Kier alpha value is -0.313. The predicted octanol–water partition coefficient (Wildman–Crippen LogP) is -2.13. The standard InChI is InChI=1S/C9H20O6Si/c1-16(2,3)9(15)8(14)7(13)6(12)5(11)4-10/h5-8,10-14H,4H2,1-3H3/t5-,6-,7+,8+/m1/s1. The van der Waals surface area contributed by atoms with Crippen LogP contribution in [0.4, 0.5) is 0 Å². The molecule has 0 radical (unpaired) electrons. The van der Waals surface area contributed by atoms with Crippen LogP contribution in [0.5, 0.6) is 0 Å². The minimum atomic E-state index is -2.28. The molecule has 0 aliphatic rings. The highest BCUT2D eigenvalue weighted by molar-refractivity contribution is 7.04. The summed E-state index contributed by atoms with van der Waals surface area (Å²) in [5.74, 6) is 0. The molecule has 7 heteroatoms. The first-order chi connectivity index (χ1) is 7.12. The normalized spacial score (nSPS) is 20.0. The summed E-state index contributed by atoms with van der Waals surface area (Å²) in [7, 11) is -2.28. The molecule has 0 heterocycles. The Bertz CT molecular complexity index is 239. The Morgan fingerprint density at radius 2 is 1.50 bits per heavy atom. The monoisotopic (exact) mass is 252 g/mol. The summed E-state index contributed by atoms with van der Waals surface area (Å²) in [5.41, 5.74) is 0. The zero-order valence-corrected chi connectivity index (χ0v) is 10.7. The molecule has 0 aromatic carbocycles. The van der Waals surface area contributed by atoms with Crippen molar-refractivity contribution in [3.8, 4) is 0 Å². The highest BCUT2D eigenvalue weighted by Crippen LogP contribution is 2.12. The fourth-order valence-electron chi connectivity index (χ4n) is 1.12. The Kier molecular flexibility index (Phi) is 5.74. The molecule has 96 valence electrons. The fraction of sp³-hybridized carbons (Fsp3) is 0.889. The van der Waals surface area contributed by atoms with Gasteiger partial charge in [0.25, 0.3) is 0 Å². The molecule has 6 nitrogen and oxygen atoms in total. The molecule has 0 saturated heterocycles. The Morgan fingerprint density at radius 1 is 1.06 bits per heavy atom. The lowest BCUT2D eigenvalue weighted by molar-refractivity contribution is -0.140. The smallest absolute Gasteiger partial charge is 0.141 e. The third-order valence-corrected chi connectivity index (χ3v) is 4.04. The quantitative estimate of drug-likeness (QED) is 0.345. The third kappa shape index (κ3) is 3.93. The van der Waals surface area contributed by atoms with E-state index < -0.39 is 44.5 Å². The predicted molar refractivity (Wildman–Crippen MR) is 59.5 cm³/mol. The number of rotatable bonds is 6. The van der Waals surface area contributed by atoms with Crippen LogP contribution in [-0.2, 0) is 4.79 Å². The third-order valence-electron chi connectivity index (χ3n) is 2.26. The molecule has 5 N–H and O–H groups in total. The van der Waals surface area contributed by atoms with E-state index in [0.29, 0.717) is 0 Å². The van der Waals surface area contributed by atoms with E-state index in [1.807, 2.05) is 0 Å². The molecule has 4 atom stereocenters. The molecule has 0 unspecified atom stereocenters. The van der Waals surface area contributed by atoms with Crippen LogP contribution >= 0.6 is 0 Å². The van der Waals surface area contributed by atoms with E-state index in [-0.39, 0.29) is 0 Å². The number of carbonyl (C=O) groups excluding carboxylic acids is 1. The molecule has 0 fully saturated rings. The van der Waals surface area contributed by atoms with Gasteiger partial charge in [0, 0.05) is 0 Å². The van der Waals surface area contributed by atoms with E-state index >= 15 is 0 Å². The second-order valence-electron chi connectivity index (χ2n) is 4.79. The lowest BCUT2D eigenvalue weighted by Crippen LogP contribution is -2.53. The maximum atomic E-state index is 11.6. The van der Waals surface area contributed by atoms with Crippen LogP contribution in [0.2, 0.25) is 19.6 Å². The highest BCUT2D eigenvalue weighted by Gasteiger charge is 2.39. The second kappa shape index (κ2) is 5.85. The largest absolute Gasteiger partial charge is 0.394 e. The van der Waals surface area contributed by atoms with Crippen molar-refractivity contribution in [3.63, 3.8) is 0 Å². The number of aliphatic hydroxyl groups excluding tert-OH is 5. The second-order valence-corrected chi connectivity index (χ2v) is 9.78. The van der Waals surface area contributed by atoms with Gasteiger partial charge in [0.15, 0.2) is 0 Å². The average Bonchev–Trinajstić information content (AvgIpc) is 2.22. The Morgan fingerprint density at radius 3 is 1.81 bits per heavy atom. The van der Waals surface area contributed by atoms with Gasteiger partial charge in [0.2, 0.25) is 0 Å². The lowest BCUT2D eigenvalue weighted by atomic mass is 10.0. The van der Waals surface area contributed by atoms with Gasteiger partial charge >= 0.3 is 0 Å². The zero-order valence-electron chi connectivity index (χ0n) is 9.66. The van der Waals surface area contributed by atoms with Crippen molar-refractivity contribution in [3.05, 3.63) is 0 Å². The van der Waals surface area contributed by atoms with Crippen molar-refractivity contribution in [2.24, 2.45) is 0 Å². The van der Waals surface area contributed by atoms with Crippen LogP contribution < -0.4 is 0 Å². The van der Waals surface area contributed by atoms with Crippen molar-refractivity contribution in [2.45, 2.75) is 44.1 Å². The van der Waals surface area contributed by atoms with Gasteiger partial charge in [-0.05, 0) is 0 Å². The van der Waals surface area contributed by atoms with Gasteiger partial charge in [-0.2, -0.15) is 0 Å². The molecule has 0 spiro atoms. The molecule has 0 amide bonds.